The van der Waals surface area contributed by atoms with Gasteiger partial charge in [0.15, 0.2) is 0 Å². The van der Waals surface area contributed by atoms with Gasteiger partial charge in [-0.15, -0.1) is 0 Å². The summed E-state index contributed by atoms with van der Waals surface area (Å²) < 4.78 is 0. The minimum absolute atomic E-state index is 0.556. The number of piperidine rings is 1. The molecule has 0 aromatic heterocycles. The van der Waals surface area contributed by atoms with E-state index < -0.39 is 0 Å². The molecule has 1 aliphatic heterocycles. The maximum absolute atomic E-state index is 3.97. The van der Waals surface area contributed by atoms with Gasteiger partial charge in [0, 0.05) is 12.1 Å². The van der Waals surface area contributed by atoms with E-state index in [1.807, 2.05) is 0 Å². The van der Waals surface area contributed by atoms with Crippen LogP contribution in [0.15, 0.2) is 0 Å². The van der Waals surface area contributed by atoms with Crippen LogP contribution in [0.5, 0.6) is 0 Å². The summed E-state index contributed by atoms with van der Waals surface area (Å²) in [4.78, 5) is 2.65. The van der Waals surface area contributed by atoms with Crippen LogP contribution in [0.3, 0.4) is 0 Å². The van der Waals surface area contributed by atoms with E-state index in [9.17, 15) is 0 Å². The highest BCUT2D eigenvalue weighted by Gasteiger charge is 2.30. The highest BCUT2D eigenvalue weighted by molar-refractivity contribution is 4.87. The van der Waals surface area contributed by atoms with E-state index in [0.717, 1.165) is 12.0 Å². The molecule has 0 radical (unpaired) electrons. The van der Waals surface area contributed by atoms with Crippen LogP contribution in [0.25, 0.3) is 0 Å². The van der Waals surface area contributed by atoms with Gasteiger partial charge < -0.3 is 10.2 Å². The molecule has 1 saturated heterocycles. The summed E-state index contributed by atoms with van der Waals surface area (Å²) in [6.45, 7) is 13.5. The van der Waals surface area contributed by atoms with Gasteiger partial charge in [0.2, 0.25) is 0 Å². The molecule has 2 atom stereocenters. The minimum atomic E-state index is 0.556. The van der Waals surface area contributed by atoms with Crippen LogP contribution in [0, 0.1) is 11.3 Å². The number of nitrogens with one attached hydrogen (secondary N) is 1. The van der Waals surface area contributed by atoms with E-state index >= 15 is 0 Å². The van der Waals surface area contributed by atoms with Gasteiger partial charge in [0.25, 0.3) is 0 Å². The van der Waals surface area contributed by atoms with Crippen LogP contribution in [-0.2, 0) is 0 Å². The molecular formula is C18H36N2. The van der Waals surface area contributed by atoms with Crippen molar-refractivity contribution in [2.45, 2.75) is 84.7 Å². The molecule has 1 N–H and O–H groups in total. The molecule has 0 aromatic rings. The van der Waals surface area contributed by atoms with Gasteiger partial charge in [-0.05, 0) is 76.4 Å². The Morgan fingerprint density at radius 2 is 1.90 bits per heavy atom. The number of rotatable bonds is 5. The van der Waals surface area contributed by atoms with Crippen molar-refractivity contribution in [2.24, 2.45) is 11.3 Å². The molecule has 1 saturated carbocycles. The van der Waals surface area contributed by atoms with Crippen molar-refractivity contribution in [1.82, 2.24) is 10.2 Å². The van der Waals surface area contributed by atoms with E-state index in [1.165, 1.54) is 64.6 Å². The Morgan fingerprint density at radius 1 is 1.20 bits per heavy atom. The van der Waals surface area contributed by atoms with Crippen molar-refractivity contribution < 1.29 is 0 Å². The van der Waals surface area contributed by atoms with Crippen molar-refractivity contribution in [3.05, 3.63) is 0 Å². The Hall–Kier alpha value is -0.0800. The molecule has 118 valence electrons. The standard InChI is InChI=1S/C18H36N2/c1-5-11-20-12-8-16(9-13-20)15(2)19-17-7-6-10-18(3,4)14-17/h15-17,19H,5-14H2,1-4H3. The van der Waals surface area contributed by atoms with E-state index in [0.29, 0.717) is 11.5 Å². The zero-order valence-electron chi connectivity index (χ0n) is 14.3. The molecule has 0 aromatic carbocycles. The first-order valence-electron chi connectivity index (χ1n) is 8.98. The Kier molecular flexibility index (Phi) is 5.92. The van der Waals surface area contributed by atoms with E-state index in [1.54, 1.807) is 0 Å². The lowest BCUT2D eigenvalue weighted by Crippen LogP contribution is -2.47. The second-order valence-corrected chi connectivity index (χ2v) is 8.09. The average Bonchev–Trinajstić information content (AvgIpc) is 2.38. The predicted molar refractivity (Wildman–Crippen MR) is 88.1 cm³/mol. The SMILES string of the molecule is CCCN1CCC(C(C)NC2CCCC(C)(C)C2)CC1. The Balaban J connectivity index is 1.74. The maximum atomic E-state index is 3.97. The second-order valence-electron chi connectivity index (χ2n) is 8.09. The molecule has 2 fully saturated rings. The summed E-state index contributed by atoms with van der Waals surface area (Å²) in [5.41, 5.74) is 0.556. The average molecular weight is 280 g/mol. The fraction of sp³-hybridized carbons (Fsp3) is 1.00. The van der Waals surface area contributed by atoms with Crippen molar-refractivity contribution in [2.75, 3.05) is 19.6 Å². The summed E-state index contributed by atoms with van der Waals surface area (Å²) in [7, 11) is 0. The van der Waals surface area contributed by atoms with Gasteiger partial charge >= 0.3 is 0 Å². The number of likely N-dealkylation sites (tertiary alicyclic amines) is 1. The summed E-state index contributed by atoms with van der Waals surface area (Å²) in [5.74, 6) is 0.896. The van der Waals surface area contributed by atoms with Crippen LogP contribution in [0.1, 0.15) is 72.6 Å². The molecule has 2 rings (SSSR count). The second kappa shape index (κ2) is 7.26. The summed E-state index contributed by atoms with van der Waals surface area (Å²) >= 11 is 0. The number of nitrogens with zero attached hydrogens (tertiary/aromatic N) is 1. The normalized spacial score (nSPS) is 30.3. The quantitative estimate of drug-likeness (QED) is 0.817. The lowest BCUT2D eigenvalue weighted by atomic mass is 9.74. The van der Waals surface area contributed by atoms with Gasteiger partial charge in [-0.25, -0.2) is 0 Å². The van der Waals surface area contributed by atoms with Gasteiger partial charge in [0.05, 0.1) is 0 Å². The fourth-order valence-electron chi connectivity index (χ4n) is 4.34. The lowest BCUT2D eigenvalue weighted by Gasteiger charge is -2.40. The largest absolute Gasteiger partial charge is 0.311 e. The van der Waals surface area contributed by atoms with Crippen molar-refractivity contribution in [3.8, 4) is 0 Å². The molecule has 0 spiro atoms. The van der Waals surface area contributed by atoms with Crippen LogP contribution in [-0.4, -0.2) is 36.6 Å². The molecule has 20 heavy (non-hydrogen) atoms. The van der Waals surface area contributed by atoms with E-state index in [2.05, 4.69) is 37.9 Å². The Morgan fingerprint density at radius 3 is 2.50 bits per heavy atom. The highest BCUT2D eigenvalue weighted by atomic mass is 15.1. The highest BCUT2D eigenvalue weighted by Crippen LogP contribution is 2.35. The molecule has 0 amide bonds. The van der Waals surface area contributed by atoms with Gasteiger partial charge in [-0.2, -0.15) is 0 Å². The van der Waals surface area contributed by atoms with Crippen molar-refractivity contribution in [3.63, 3.8) is 0 Å². The fourth-order valence-corrected chi connectivity index (χ4v) is 4.34. The first-order valence-corrected chi connectivity index (χ1v) is 8.98. The molecule has 2 unspecified atom stereocenters. The van der Waals surface area contributed by atoms with Gasteiger partial charge in [-0.1, -0.05) is 27.2 Å². The third kappa shape index (κ3) is 4.73. The molecular weight excluding hydrogens is 244 g/mol. The predicted octanol–water partition coefficient (Wildman–Crippen LogP) is 4.06. The molecule has 2 nitrogen and oxygen atoms in total. The van der Waals surface area contributed by atoms with E-state index in [-0.39, 0.29) is 0 Å². The minimum Gasteiger partial charge on any atom is -0.311 e. The monoisotopic (exact) mass is 280 g/mol. The first-order chi connectivity index (χ1) is 9.50. The molecule has 1 heterocycles. The van der Waals surface area contributed by atoms with Crippen LogP contribution < -0.4 is 5.32 Å². The summed E-state index contributed by atoms with van der Waals surface area (Å²) in [6, 6.07) is 1.47. The van der Waals surface area contributed by atoms with E-state index in [4.69, 9.17) is 0 Å². The van der Waals surface area contributed by atoms with Crippen molar-refractivity contribution >= 4 is 0 Å². The molecule has 2 heteroatoms. The van der Waals surface area contributed by atoms with Crippen molar-refractivity contribution in [1.29, 1.82) is 0 Å². The summed E-state index contributed by atoms with van der Waals surface area (Å²) in [5, 5.41) is 3.97. The third-order valence-electron chi connectivity index (χ3n) is 5.58. The maximum Gasteiger partial charge on any atom is 0.00747 e. The molecule has 1 aliphatic carbocycles. The van der Waals surface area contributed by atoms with Gasteiger partial charge in [0.1, 0.15) is 0 Å². The van der Waals surface area contributed by atoms with Gasteiger partial charge in [-0.3, -0.25) is 0 Å². The Bertz CT molecular complexity index is 279. The lowest BCUT2D eigenvalue weighted by molar-refractivity contribution is 0.139. The number of hydrogen-bond acceptors (Lipinski definition) is 2. The molecule has 0 bridgehead atoms. The smallest absolute Gasteiger partial charge is 0.00747 e. The molecule has 2 aliphatic rings. The van der Waals surface area contributed by atoms with Crippen LogP contribution in [0.2, 0.25) is 0 Å². The summed E-state index contributed by atoms with van der Waals surface area (Å²) in [6.07, 6.45) is 9.67. The zero-order valence-corrected chi connectivity index (χ0v) is 14.3. The number of hydrogen-bond donors (Lipinski definition) is 1. The van der Waals surface area contributed by atoms with Crippen LogP contribution in [0.4, 0.5) is 0 Å². The zero-order chi connectivity index (χ0) is 14.6. The first kappa shape index (κ1) is 16.3. The third-order valence-corrected chi connectivity index (χ3v) is 5.58. The van der Waals surface area contributed by atoms with Crippen LogP contribution >= 0.6 is 0 Å². The topological polar surface area (TPSA) is 15.3 Å². The Labute approximate surface area is 126 Å².